The molecule has 49 heavy (non-hydrogen) atoms. The maximum atomic E-state index is 15.1. The molecule has 4 aliphatic rings. The van der Waals surface area contributed by atoms with Crippen LogP contribution in [-0.4, -0.2) is 93.0 Å². The molecule has 0 spiro atoms. The van der Waals surface area contributed by atoms with Crippen LogP contribution in [0.5, 0.6) is 11.8 Å². The first-order valence-corrected chi connectivity index (χ1v) is 17.7. The van der Waals surface area contributed by atoms with E-state index in [4.69, 9.17) is 14.7 Å². The van der Waals surface area contributed by atoms with Crippen LogP contribution in [0, 0.1) is 5.82 Å². The van der Waals surface area contributed by atoms with Crippen LogP contribution in [0.1, 0.15) is 72.0 Å². The standard InChI is InChI=1S/C37H45FN8O3/c1-4-27-29(38)9-8-24-18-26(47)20-32(33(24)27)43-17-10-28-31(22-43)39-36(49-23-37-11-5-14-45(37)15-6-12-37)40-34(28)44-13-7-16-46-25(21-44)19-30(41-46)35(48)42(2)3/h8-9,18-20,47H,4-7,10-17,21-23H2,1-3H3. The highest BCUT2D eigenvalue weighted by Gasteiger charge is 2.45. The molecule has 0 unspecified atom stereocenters. The third-order valence-electron chi connectivity index (χ3n) is 11.1. The zero-order chi connectivity index (χ0) is 33.9. The fourth-order valence-corrected chi connectivity index (χ4v) is 8.63. The first kappa shape index (κ1) is 31.8. The van der Waals surface area contributed by atoms with Crippen LogP contribution < -0.4 is 14.5 Å². The molecule has 2 aromatic heterocycles. The van der Waals surface area contributed by atoms with Crippen molar-refractivity contribution in [2.24, 2.45) is 0 Å². The van der Waals surface area contributed by atoms with E-state index in [0.717, 1.165) is 84.7 Å². The first-order chi connectivity index (χ1) is 23.7. The molecule has 2 aromatic carbocycles. The van der Waals surface area contributed by atoms with Crippen molar-refractivity contribution >= 4 is 28.2 Å². The molecule has 12 heteroatoms. The Kier molecular flexibility index (Phi) is 8.08. The lowest BCUT2D eigenvalue weighted by Crippen LogP contribution is -2.43. The minimum atomic E-state index is -0.234. The number of hydrogen-bond acceptors (Lipinski definition) is 9. The van der Waals surface area contributed by atoms with Crippen molar-refractivity contribution < 1.29 is 19.0 Å². The monoisotopic (exact) mass is 668 g/mol. The van der Waals surface area contributed by atoms with Gasteiger partial charge in [0.05, 0.1) is 30.0 Å². The molecule has 0 bridgehead atoms. The molecular weight excluding hydrogens is 623 g/mol. The van der Waals surface area contributed by atoms with Crippen molar-refractivity contribution in [3.63, 3.8) is 0 Å². The number of benzene rings is 2. The lowest BCUT2D eigenvalue weighted by Gasteiger charge is -2.35. The third-order valence-corrected chi connectivity index (χ3v) is 11.1. The number of carbonyl (C=O) groups is 1. The average molecular weight is 669 g/mol. The minimum absolute atomic E-state index is 0.0526. The number of fused-ring (bicyclic) bond motifs is 4. The molecule has 0 aliphatic carbocycles. The topological polar surface area (TPSA) is 103 Å². The van der Waals surface area contributed by atoms with Crippen molar-refractivity contribution in [3.8, 4) is 11.8 Å². The second-order valence-electron chi connectivity index (χ2n) is 14.3. The highest BCUT2D eigenvalue weighted by molar-refractivity contribution is 5.98. The zero-order valence-corrected chi connectivity index (χ0v) is 28.7. The molecule has 4 aliphatic heterocycles. The minimum Gasteiger partial charge on any atom is -0.508 e. The van der Waals surface area contributed by atoms with Gasteiger partial charge in [-0.15, -0.1) is 0 Å². The molecular formula is C37H45FN8O3. The number of aromatic nitrogens is 4. The summed E-state index contributed by atoms with van der Waals surface area (Å²) in [5.74, 6) is 0.672. The Morgan fingerprint density at radius 1 is 1.00 bits per heavy atom. The van der Waals surface area contributed by atoms with Crippen molar-refractivity contribution in [2.75, 3.05) is 56.7 Å². The molecule has 2 saturated heterocycles. The number of phenolic OH excluding ortho intramolecular Hbond substituents is 1. The van der Waals surface area contributed by atoms with Crippen LogP contribution >= 0.6 is 0 Å². The van der Waals surface area contributed by atoms with Gasteiger partial charge in [-0.05, 0) is 87.2 Å². The van der Waals surface area contributed by atoms with Crippen LogP contribution in [-0.2, 0) is 32.5 Å². The zero-order valence-electron chi connectivity index (χ0n) is 28.7. The van der Waals surface area contributed by atoms with Gasteiger partial charge in [-0.2, -0.15) is 15.1 Å². The molecule has 6 heterocycles. The number of aryl methyl sites for hydroxylation is 2. The van der Waals surface area contributed by atoms with Gasteiger partial charge in [-0.3, -0.25) is 14.4 Å². The Balaban J connectivity index is 1.17. The molecule has 258 valence electrons. The maximum absolute atomic E-state index is 15.1. The highest BCUT2D eigenvalue weighted by Crippen LogP contribution is 2.41. The first-order valence-electron chi connectivity index (χ1n) is 17.7. The summed E-state index contributed by atoms with van der Waals surface area (Å²) < 4.78 is 23.6. The number of aromatic hydroxyl groups is 1. The van der Waals surface area contributed by atoms with E-state index in [-0.39, 0.29) is 23.0 Å². The molecule has 4 aromatic rings. The molecule has 2 fully saturated rings. The number of anilines is 2. The fourth-order valence-electron chi connectivity index (χ4n) is 8.63. The van der Waals surface area contributed by atoms with Crippen LogP contribution in [0.4, 0.5) is 15.9 Å². The van der Waals surface area contributed by atoms with Gasteiger partial charge in [-0.1, -0.05) is 13.0 Å². The third kappa shape index (κ3) is 5.63. The van der Waals surface area contributed by atoms with Crippen molar-refractivity contribution in [1.29, 1.82) is 0 Å². The normalized spacial score (nSPS) is 18.7. The Labute approximate surface area is 286 Å². The molecule has 0 atom stereocenters. The molecule has 0 saturated carbocycles. The van der Waals surface area contributed by atoms with Crippen LogP contribution in [0.15, 0.2) is 30.3 Å². The summed E-state index contributed by atoms with van der Waals surface area (Å²) in [6.45, 7) is 7.96. The number of rotatable bonds is 7. The smallest absolute Gasteiger partial charge is 0.318 e. The summed E-state index contributed by atoms with van der Waals surface area (Å²) in [5.41, 5.74) is 4.89. The van der Waals surface area contributed by atoms with Gasteiger partial charge in [-0.25, -0.2) is 4.39 Å². The lowest BCUT2D eigenvalue weighted by atomic mass is 9.95. The molecule has 8 rings (SSSR count). The van der Waals surface area contributed by atoms with E-state index >= 15 is 4.39 Å². The van der Waals surface area contributed by atoms with Crippen LogP contribution in [0.25, 0.3) is 10.8 Å². The number of amides is 1. The Morgan fingerprint density at radius 3 is 2.59 bits per heavy atom. The van der Waals surface area contributed by atoms with Gasteiger partial charge in [0.25, 0.3) is 5.91 Å². The summed E-state index contributed by atoms with van der Waals surface area (Å²) in [6, 6.07) is 8.97. The molecule has 1 N–H and O–H groups in total. The highest BCUT2D eigenvalue weighted by atomic mass is 19.1. The van der Waals surface area contributed by atoms with Gasteiger partial charge in [0, 0.05) is 56.4 Å². The second-order valence-corrected chi connectivity index (χ2v) is 14.3. The fraction of sp³-hybridized carbons (Fsp3) is 0.514. The van der Waals surface area contributed by atoms with Crippen molar-refractivity contribution in [1.82, 2.24) is 29.5 Å². The van der Waals surface area contributed by atoms with Gasteiger partial charge in [0.15, 0.2) is 5.69 Å². The maximum Gasteiger partial charge on any atom is 0.318 e. The number of hydrogen-bond donors (Lipinski definition) is 1. The van der Waals surface area contributed by atoms with Crippen LogP contribution in [0.2, 0.25) is 0 Å². The van der Waals surface area contributed by atoms with E-state index in [1.807, 2.05) is 17.7 Å². The van der Waals surface area contributed by atoms with E-state index in [1.54, 1.807) is 37.2 Å². The molecule has 1 amide bonds. The van der Waals surface area contributed by atoms with Gasteiger partial charge >= 0.3 is 6.01 Å². The number of halogens is 1. The molecule has 0 radical (unpaired) electrons. The quantitative estimate of drug-likeness (QED) is 0.294. The van der Waals surface area contributed by atoms with Crippen molar-refractivity contribution in [2.45, 2.75) is 77.0 Å². The largest absolute Gasteiger partial charge is 0.508 e. The molecule has 11 nitrogen and oxygen atoms in total. The number of nitrogens with zero attached hydrogens (tertiary/aromatic N) is 8. The van der Waals surface area contributed by atoms with E-state index in [9.17, 15) is 9.90 Å². The van der Waals surface area contributed by atoms with Gasteiger partial charge < -0.3 is 24.5 Å². The average Bonchev–Trinajstić information content (AvgIpc) is 3.76. The summed E-state index contributed by atoms with van der Waals surface area (Å²) >= 11 is 0. The van der Waals surface area contributed by atoms with Crippen LogP contribution in [0.3, 0.4) is 0 Å². The lowest BCUT2D eigenvalue weighted by molar-refractivity contribution is 0.0821. The van der Waals surface area contributed by atoms with E-state index in [0.29, 0.717) is 56.4 Å². The SMILES string of the molecule is CCc1c(F)ccc2cc(O)cc(N3CCc4c(nc(OCC56CCCN5CCC6)nc4N4CCCn5nc(C(=O)N(C)C)cc5C4)C3)c12. The van der Waals surface area contributed by atoms with E-state index in [2.05, 4.69) is 19.8 Å². The number of ether oxygens (including phenoxy) is 1. The van der Waals surface area contributed by atoms with Gasteiger partial charge in [0.2, 0.25) is 0 Å². The summed E-state index contributed by atoms with van der Waals surface area (Å²) in [7, 11) is 3.48. The summed E-state index contributed by atoms with van der Waals surface area (Å²) in [6.07, 6.45) is 6.70. The Morgan fingerprint density at radius 2 is 1.82 bits per heavy atom. The Hall–Kier alpha value is -4.45. The van der Waals surface area contributed by atoms with E-state index < -0.39 is 0 Å². The number of phenols is 1. The Bertz CT molecular complexity index is 1920. The predicted octanol–water partition coefficient (Wildman–Crippen LogP) is 4.92. The summed E-state index contributed by atoms with van der Waals surface area (Å²) in [4.78, 5) is 31.6. The van der Waals surface area contributed by atoms with Crippen molar-refractivity contribution in [3.05, 3.63) is 64.4 Å². The predicted molar refractivity (Wildman–Crippen MR) is 186 cm³/mol. The second kappa shape index (κ2) is 12.5. The van der Waals surface area contributed by atoms with E-state index in [1.165, 1.54) is 18.9 Å². The number of carbonyl (C=O) groups excluding carboxylic acids is 1. The van der Waals surface area contributed by atoms with Gasteiger partial charge in [0.1, 0.15) is 24.0 Å². The summed E-state index contributed by atoms with van der Waals surface area (Å²) in [5, 5.41) is 17.0.